The molecule has 1 heterocycles. The molecule has 1 N–H and O–H groups in total. The van der Waals surface area contributed by atoms with E-state index in [0.717, 1.165) is 6.07 Å². The van der Waals surface area contributed by atoms with Crippen LogP contribution in [0.3, 0.4) is 0 Å². The minimum absolute atomic E-state index is 0.0570. The van der Waals surface area contributed by atoms with Crippen molar-refractivity contribution in [1.29, 1.82) is 0 Å². The summed E-state index contributed by atoms with van der Waals surface area (Å²) in [5, 5.41) is 20.0. The second-order valence-corrected chi connectivity index (χ2v) is 7.54. The van der Waals surface area contributed by atoms with E-state index in [4.69, 9.17) is 0 Å². The molecule has 1 aromatic carbocycles. The van der Waals surface area contributed by atoms with Crippen LogP contribution in [0.2, 0.25) is 0 Å². The first-order chi connectivity index (χ1) is 10.7. The third-order valence-corrected chi connectivity index (χ3v) is 6.20. The predicted octanol–water partition coefficient (Wildman–Crippen LogP) is 1.78. The highest BCUT2D eigenvalue weighted by molar-refractivity contribution is 7.89. The van der Waals surface area contributed by atoms with E-state index < -0.39 is 32.9 Å². The van der Waals surface area contributed by atoms with E-state index in [2.05, 4.69) is 0 Å². The van der Waals surface area contributed by atoms with Crippen molar-refractivity contribution in [2.75, 3.05) is 6.54 Å². The number of piperidine rings is 1. The van der Waals surface area contributed by atoms with Crippen LogP contribution in [0.4, 0.5) is 5.69 Å². The molecule has 1 aromatic rings. The number of hydrogen-bond acceptors (Lipinski definition) is 5. The minimum atomic E-state index is -3.90. The van der Waals surface area contributed by atoms with E-state index in [1.54, 1.807) is 6.92 Å². The molecule has 9 heteroatoms. The fourth-order valence-electron chi connectivity index (χ4n) is 2.91. The van der Waals surface area contributed by atoms with Gasteiger partial charge in [-0.1, -0.05) is 0 Å². The summed E-state index contributed by atoms with van der Waals surface area (Å²) in [6.45, 7) is 3.29. The van der Waals surface area contributed by atoms with Gasteiger partial charge in [-0.2, -0.15) is 4.31 Å². The Morgan fingerprint density at radius 1 is 1.43 bits per heavy atom. The lowest BCUT2D eigenvalue weighted by atomic mass is 9.92. The molecule has 2 atom stereocenters. The number of sulfonamides is 1. The van der Waals surface area contributed by atoms with E-state index in [1.165, 1.54) is 23.4 Å². The molecule has 23 heavy (non-hydrogen) atoms. The third kappa shape index (κ3) is 3.20. The molecule has 1 aliphatic rings. The van der Waals surface area contributed by atoms with Gasteiger partial charge >= 0.3 is 5.97 Å². The van der Waals surface area contributed by atoms with Gasteiger partial charge in [0.15, 0.2) is 0 Å². The third-order valence-electron chi connectivity index (χ3n) is 4.22. The number of nitro benzene ring substituents is 1. The molecule has 0 aromatic heterocycles. The lowest BCUT2D eigenvalue weighted by molar-refractivity contribution is -0.385. The zero-order valence-corrected chi connectivity index (χ0v) is 13.6. The highest BCUT2D eigenvalue weighted by Crippen LogP contribution is 2.31. The Labute approximate surface area is 133 Å². The number of carboxylic acids is 1. The molecule has 0 bridgehead atoms. The van der Waals surface area contributed by atoms with Crippen LogP contribution in [-0.4, -0.2) is 41.3 Å². The van der Waals surface area contributed by atoms with E-state index in [0.29, 0.717) is 12.8 Å². The second-order valence-electron chi connectivity index (χ2n) is 5.65. The molecule has 0 saturated carbocycles. The first kappa shape index (κ1) is 17.4. The van der Waals surface area contributed by atoms with E-state index >= 15 is 0 Å². The summed E-state index contributed by atoms with van der Waals surface area (Å²) in [4.78, 5) is 21.5. The summed E-state index contributed by atoms with van der Waals surface area (Å²) in [7, 11) is -3.90. The van der Waals surface area contributed by atoms with Gasteiger partial charge in [-0.3, -0.25) is 14.9 Å². The Balaban J connectivity index is 2.40. The van der Waals surface area contributed by atoms with Gasteiger partial charge in [0.1, 0.15) is 0 Å². The van der Waals surface area contributed by atoms with Crippen LogP contribution in [0.15, 0.2) is 23.1 Å². The van der Waals surface area contributed by atoms with Crippen LogP contribution in [0.5, 0.6) is 0 Å². The molecule has 1 aliphatic heterocycles. The Morgan fingerprint density at radius 2 is 2.09 bits per heavy atom. The predicted molar refractivity (Wildman–Crippen MR) is 81.5 cm³/mol. The van der Waals surface area contributed by atoms with Crippen molar-refractivity contribution in [3.8, 4) is 0 Å². The lowest BCUT2D eigenvalue weighted by Gasteiger charge is -2.36. The Kier molecular flexibility index (Phi) is 4.71. The van der Waals surface area contributed by atoms with Gasteiger partial charge in [0.25, 0.3) is 5.69 Å². The van der Waals surface area contributed by atoms with Gasteiger partial charge < -0.3 is 5.11 Å². The molecular weight excluding hydrogens is 324 g/mol. The molecule has 8 nitrogen and oxygen atoms in total. The number of aliphatic carboxylic acids is 1. The van der Waals surface area contributed by atoms with E-state index in [1.807, 2.05) is 0 Å². The van der Waals surface area contributed by atoms with Gasteiger partial charge in [0.05, 0.1) is 15.7 Å². The summed E-state index contributed by atoms with van der Waals surface area (Å²) in [5.74, 6) is -1.77. The molecule has 126 valence electrons. The van der Waals surface area contributed by atoms with Crippen molar-refractivity contribution >= 4 is 21.7 Å². The number of carbonyl (C=O) groups is 1. The van der Waals surface area contributed by atoms with Crippen LogP contribution >= 0.6 is 0 Å². The fourth-order valence-corrected chi connectivity index (χ4v) is 4.70. The maximum absolute atomic E-state index is 12.8. The SMILES string of the molecule is Cc1cc(S(=O)(=O)N2CCC[C@@H](C(=O)O)[C@H]2C)ccc1[N+](=O)[O-]. The van der Waals surface area contributed by atoms with Crippen LogP contribution in [-0.2, 0) is 14.8 Å². The zero-order chi connectivity index (χ0) is 17.4. The van der Waals surface area contributed by atoms with Crippen LogP contribution in [0.25, 0.3) is 0 Å². The number of benzene rings is 1. The van der Waals surface area contributed by atoms with E-state index in [9.17, 15) is 28.4 Å². The van der Waals surface area contributed by atoms with Crippen molar-refractivity contribution in [3.05, 3.63) is 33.9 Å². The summed E-state index contributed by atoms with van der Waals surface area (Å²) in [5.41, 5.74) is 0.0922. The first-order valence-corrected chi connectivity index (χ1v) is 8.60. The molecule has 1 saturated heterocycles. The summed E-state index contributed by atoms with van der Waals surface area (Å²) >= 11 is 0. The lowest BCUT2D eigenvalue weighted by Crippen LogP contribution is -2.48. The second kappa shape index (κ2) is 6.25. The molecule has 0 spiro atoms. The zero-order valence-electron chi connectivity index (χ0n) is 12.8. The molecule has 0 radical (unpaired) electrons. The quantitative estimate of drug-likeness (QED) is 0.658. The molecule has 1 fully saturated rings. The number of hydrogen-bond donors (Lipinski definition) is 1. The smallest absolute Gasteiger partial charge is 0.308 e. The topological polar surface area (TPSA) is 118 Å². The van der Waals surface area contributed by atoms with Gasteiger partial charge in [0, 0.05) is 24.2 Å². The van der Waals surface area contributed by atoms with E-state index in [-0.39, 0.29) is 22.7 Å². The highest BCUT2D eigenvalue weighted by Gasteiger charge is 2.39. The number of nitrogens with zero attached hydrogens (tertiary/aromatic N) is 2. The highest BCUT2D eigenvalue weighted by atomic mass is 32.2. The maximum atomic E-state index is 12.8. The van der Waals surface area contributed by atoms with Crippen molar-refractivity contribution in [2.45, 2.75) is 37.6 Å². The maximum Gasteiger partial charge on any atom is 0.308 e. The standard InChI is InChI=1S/C14H18N2O6S/c1-9-8-11(5-6-13(9)16(19)20)23(21,22)15-7-3-4-12(10(15)2)14(17)18/h5-6,8,10,12H,3-4,7H2,1-2H3,(H,17,18)/t10-,12-/m1/s1. The number of carboxylic acid groups (broad SMARTS) is 1. The largest absolute Gasteiger partial charge is 0.481 e. The normalized spacial score (nSPS) is 22.7. The van der Waals surface area contributed by atoms with Crippen molar-refractivity contribution in [2.24, 2.45) is 5.92 Å². The Bertz CT molecular complexity index is 746. The summed E-state index contributed by atoms with van der Waals surface area (Å²) in [6, 6.07) is 2.94. The average Bonchev–Trinajstić information content (AvgIpc) is 2.46. The minimum Gasteiger partial charge on any atom is -0.481 e. The summed E-state index contributed by atoms with van der Waals surface area (Å²) < 4.78 is 26.7. The van der Waals surface area contributed by atoms with Crippen molar-refractivity contribution in [1.82, 2.24) is 4.31 Å². The Hall–Kier alpha value is -2.00. The molecule has 0 amide bonds. The van der Waals surface area contributed by atoms with Crippen LogP contribution in [0.1, 0.15) is 25.3 Å². The fraction of sp³-hybridized carbons (Fsp3) is 0.500. The molecule has 0 aliphatic carbocycles. The van der Waals surface area contributed by atoms with Crippen LogP contribution in [0, 0.1) is 23.0 Å². The monoisotopic (exact) mass is 342 g/mol. The number of nitro groups is 1. The average molecular weight is 342 g/mol. The number of aryl methyl sites for hydroxylation is 1. The van der Waals surface area contributed by atoms with Crippen molar-refractivity contribution < 1.29 is 23.2 Å². The van der Waals surface area contributed by atoms with Crippen LogP contribution < -0.4 is 0 Å². The van der Waals surface area contributed by atoms with Gasteiger partial charge in [0.2, 0.25) is 10.0 Å². The molecular formula is C14H18N2O6S. The molecule has 2 rings (SSSR count). The van der Waals surface area contributed by atoms with Gasteiger partial charge in [-0.05, 0) is 38.8 Å². The summed E-state index contributed by atoms with van der Waals surface area (Å²) in [6.07, 6.45) is 0.897. The number of rotatable bonds is 4. The first-order valence-electron chi connectivity index (χ1n) is 7.16. The van der Waals surface area contributed by atoms with Gasteiger partial charge in [-0.25, -0.2) is 8.42 Å². The van der Waals surface area contributed by atoms with Crippen molar-refractivity contribution in [3.63, 3.8) is 0 Å². The van der Waals surface area contributed by atoms with Gasteiger partial charge in [-0.15, -0.1) is 0 Å². The Morgan fingerprint density at radius 3 is 2.61 bits per heavy atom. The molecule has 0 unspecified atom stereocenters.